The average molecular weight is 285 g/mol. The maximum absolute atomic E-state index is 11.7. The molecule has 2 N–H and O–H groups in total. The number of nitrogens with zero attached hydrogens (tertiary/aromatic N) is 1. The third kappa shape index (κ3) is 1.92. The van der Waals surface area contributed by atoms with Crippen LogP contribution in [0.3, 0.4) is 0 Å². The number of hydrogen-bond donors (Lipinski definition) is 1. The van der Waals surface area contributed by atoms with Gasteiger partial charge in [-0.05, 0) is 28.1 Å². The summed E-state index contributed by atoms with van der Waals surface area (Å²) in [6, 6.07) is 5.50. The Bertz CT molecular complexity index is 422. The van der Waals surface area contributed by atoms with E-state index in [1.807, 2.05) is 18.2 Å². The summed E-state index contributed by atoms with van der Waals surface area (Å²) < 4.78 is 5.98. The summed E-state index contributed by atoms with van der Waals surface area (Å²) in [6.07, 6.45) is 0.406. The number of carbonyl (C=O) groups is 1. The number of ether oxygens (including phenoxy) is 1. The second kappa shape index (κ2) is 4.43. The molecule has 1 fully saturated rings. The predicted molar refractivity (Wildman–Crippen MR) is 65.6 cm³/mol. The van der Waals surface area contributed by atoms with Crippen LogP contribution in [0.2, 0.25) is 0 Å². The molecule has 4 nitrogen and oxygen atoms in total. The zero-order valence-electron chi connectivity index (χ0n) is 8.94. The van der Waals surface area contributed by atoms with Crippen LogP contribution in [0.25, 0.3) is 0 Å². The van der Waals surface area contributed by atoms with E-state index >= 15 is 0 Å². The van der Waals surface area contributed by atoms with Crippen molar-refractivity contribution in [3.05, 3.63) is 22.7 Å². The highest BCUT2D eigenvalue weighted by atomic mass is 79.9. The monoisotopic (exact) mass is 284 g/mol. The number of nitrogens with two attached hydrogens (primary N) is 1. The second-order valence-corrected chi connectivity index (χ2v) is 4.55. The molecule has 0 aromatic heterocycles. The predicted octanol–water partition coefficient (Wildman–Crippen LogP) is 1.52. The van der Waals surface area contributed by atoms with Gasteiger partial charge in [-0.3, -0.25) is 4.79 Å². The van der Waals surface area contributed by atoms with E-state index in [0.29, 0.717) is 18.7 Å². The molecule has 1 aromatic rings. The minimum Gasteiger partial charge on any atom is -0.495 e. The number of halogens is 1. The van der Waals surface area contributed by atoms with Crippen LogP contribution in [0.15, 0.2) is 22.7 Å². The lowest BCUT2D eigenvalue weighted by Crippen LogP contribution is -2.28. The van der Waals surface area contributed by atoms with E-state index in [4.69, 9.17) is 10.5 Å². The van der Waals surface area contributed by atoms with Crippen molar-refractivity contribution < 1.29 is 9.53 Å². The van der Waals surface area contributed by atoms with Crippen molar-refractivity contribution in [2.45, 2.75) is 12.5 Å². The van der Waals surface area contributed by atoms with Crippen molar-refractivity contribution in [2.24, 2.45) is 5.73 Å². The highest BCUT2D eigenvalue weighted by Gasteiger charge is 2.29. The first-order chi connectivity index (χ1) is 7.63. The minimum absolute atomic E-state index is 0.0569. The molecule has 1 aliphatic heterocycles. The Morgan fingerprint density at radius 1 is 1.56 bits per heavy atom. The van der Waals surface area contributed by atoms with E-state index in [9.17, 15) is 4.79 Å². The fourth-order valence-corrected chi connectivity index (χ4v) is 2.47. The van der Waals surface area contributed by atoms with Gasteiger partial charge in [0.05, 0.1) is 17.3 Å². The summed E-state index contributed by atoms with van der Waals surface area (Å²) in [7, 11) is 1.60. The minimum atomic E-state index is -0.0781. The Kier molecular flexibility index (Phi) is 3.16. The fourth-order valence-electron chi connectivity index (χ4n) is 1.83. The van der Waals surface area contributed by atoms with Gasteiger partial charge in [0, 0.05) is 19.0 Å². The third-order valence-electron chi connectivity index (χ3n) is 2.61. The molecule has 86 valence electrons. The molecule has 0 saturated carbocycles. The maximum atomic E-state index is 11.7. The van der Waals surface area contributed by atoms with Crippen LogP contribution in [0.5, 0.6) is 5.75 Å². The smallest absolute Gasteiger partial charge is 0.228 e. The Morgan fingerprint density at radius 2 is 2.31 bits per heavy atom. The van der Waals surface area contributed by atoms with Crippen LogP contribution in [-0.4, -0.2) is 25.6 Å². The highest BCUT2D eigenvalue weighted by Crippen LogP contribution is 2.36. The third-order valence-corrected chi connectivity index (χ3v) is 3.41. The van der Waals surface area contributed by atoms with Gasteiger partial charge in [-0.1, -0.05) is 6.07 Å². The van der Waals surface area contributed by atoms with E-state index in [0.717, 1.165) is 10.2 Å². The van der Waals surface area contributed by atoms with Gasteiger partial charge in [0.1, 0.15) is 5.75 Å². The van der Waals surface area contributed by atoms with Crippen LogP contribution >= 0.6 is 15.9 Å². The lowest BCUT2D eigenvalue weighted by atomic mass is 10.3. The molecular formula is C11H13BrN2O2. The lowest BCUT2D eigenvalue weighted by Gasteiger charge is -2.19. The molecular weight excluding hydrogens is 272 g/mol. The summed E-state index contributed by atoms with van der Waals surface area (Å²) in [5.74, 6) is 0.771. The Morgan fingerprint density at radius 3 is 2.88 bits per heavy atom. The normalized spacial score (nSPS) is 20.3. The van der Waals surface area contributed by atoms with Crippen molar-refractivity contribution in [1.29, 1.82) is 0 Å². The molecule has 1 atom stereocenters. The molecule has 5 heteroatoms. The molecule has 0 spiro atoms. The summed E-state index contributed by atoms with van der Waals surface area (Å²) in [6.45, 7) is 0.560. The molecule has 1 aliphatic rings. The van der Waals surface area contributed by atoms with E-state index in [-0.39, 0.29) is 11.9 Å². The number of carbonyl (C=O) groups excluding carboxylic acids is 1. The fraction of sp³-hybridized carbons (Fsp3) is 0.364. The number of benzene rings is 1. The van der Waals surface area contributed by atoms with Gasteiger partial charge in [-0.25, -0.2) is 0 Å². The number of anilines is 1. The molecule has 1 unspecified atom stereocenters. The zero-order chi connectivity index (χ0) is 11.7. The maximum Gasteiger partial charge on any atom is 0.228 e. The first kappa shape index (κ1) is 11.4. The van der Waals surface area contributed by atoms with Gasteiger partial charge in [-0.2, -0.15) is 0 Å². The molecule has 16 heavy (non-hydrogen) atoms. The van der Waals surface area contributed by atoms with Crippen LogP contribution in [-0.2, 0) is 4.79 Å². The van der Waals surface area contributed by atoms with Gasteiger partial charge >= 0.3 is 0 Å². The van der Waals surface area contributed by atoms with E-state index < -0.39 is 0 Å². The SMILES string of the molecule is COc1cccc(N2CC(N)CC2=O)c1Br. The zero-order valence-corrected chi connectivity index (χ0v) is 10.5. The van der Waals surface area contributed by atoms with Crippen LogP contribution in [0, 0.1) is 0 Å². The molecule has 0 aliphatic carbocycles. The summed E-state index contributed by atoms with van der Waals surface area (Å²) in [4.78, 5) is 13.4. The first-order valence-electron chi connectivity index (χ1n) is 5.02. The van der Waals surface area contributed by atoms with Gasteiger partial charge in [0.15, 0.2) is 0 Å². The van der Waals surface area contributed by atoms with Crippen LogP contribution in [0.4, 0.5) is 5.69 Å². The highest BCUT2D eigenvalue weighted by molar-refractivity contribution is 9.10. The first-order valence-corrected chi connectivity index (χ1v) is 5.81. The number of methoxy groups -OCH3 is 1. The van der Waals surface area contributed by atoms with E-state index in [2.05, 4.69) is 15.9 Å². The summed E-state index contributed by atoms with van der Waals surface area (Å²) in [5.41, 5.74) is 6.58. The average Bonchev–Trinajstić information content (AvgIpc) is 2.58. The standard InChI is InChI=1S/C11H13BrN2O2/c1-16-9-4-2-3-8(11(9)12)14-6-7(13)5-10(14)15/h2-4,7H,5-6,13H2,1H3. The molecule has 1 amide bonds. The Balaban J connectivity index is 2.37. The molecule has 1 aromatic carbocycles. The Hall–Kier alpha value is -1.07. The largest absolute Gasteiger partial charge is 0.495 e. The quantitative estimate of drug-likeness (QED) is 0.896. The number of rotatable bonds is 2. The lowest BCUT2D eigenvalue weighted by molar-refractivity contribution is -0.117. The molecule has 0 radical (unpaired) electrons. The molecule has 1 heterocycles. The number of amides is 1. The summed E-state index contributed by atoms with van der Waals surface area (Å²) >= 11 is 3.44. The van der Waals surface area contributed by atoms with Gasteiger partial charge in [0.2, 0.25) is 5.91 Å². The van der Waals surface area contributed by atoms with Gasteiger partial charge < -0.3 is 15.4 Å². The summed E-state index contributed by atoms with van der Waals surface area (Å²) in [5, 5.41) is 0. The van der Waals surface area contributed by atoms with E-state index in [1.165, 1.54) is 0 Å². The van der Waals surface area contributed by atoms with Crippen molar-refractivity contribution in [1.82, 2.24) is 0 Å². The van der Waals surface area contributed by atoms with Crippen LogP contribution in [0.1, 0.15) is 6.42 Å². The van der Waals surface area contributed by atoms with Crippen molar-refractivity contribution in [2.75, 3.05) is 18.6 Å². The van der Waals surface area contributed by atoms with E-state index in [1.54, 1.807) is 12.0 Å². The number of hydrogen-bond acceptors (Lipinski definition) is 3. The van der Waals surface area contributed by atoms with Gasteiger partial charge in [-0.15, -0.1) is 0 Å². The molecule has 0 bridgehead atoms. The molecule has 2 rings (SSSR count). The second-order valence-electron chi connectivity index (χ2n) is 3.76. The Labute approximate surface area is 102 Å². The van der Waals surface area contributed by atoms with Gasteiger partial charge in [0.25, 0.3) is 0 Å². The van der Waals surface area contributed by atoms with Crippen molar-refractivity contribution in [3.63, 3.8) is 0 Å². The topological polar surface area (TPSA) is 55.6 Å². The molecule has 1 saturated heterocycles. The van der Waals surface area contributed by atoms with Crippen molar-refractivity contribution >= 4 is 27.5 Å². The van der Waals surface area contributed by atoms with Crippen LogP contribution < -0.4 is 15.4 Å². The van der Waals surface area contributed by atoms with Crippen molar-refractivity contribution in [3.8, 4) is 5.75 Å².